The third kappa shape index (κ3) is 2.53. The van der Waals surface area contributed by atoms with Crippen molar-refractivity contribution in [2.45, 2.75) is 37.6 Å². The number of rotatable bonds is 3. The zero-order valence-corrected chi connectivity index (χ0v) is 13.7. The van der Waals surface area contributed by atoms with E-state index in [-0.39, 0.29) is 6.04 Å². The van der Waals surface area contributed by atoms with Crippen molar-refractivity contribution in [1.29, 1.82) is 0 Å². The number of hydrogen-bond donors (Lipinski definition) is 3. The number of carbonyl (C=O) groups is 1. The van der Waals surface area contributed by atoms with Crippen LogP contribution in [0.25, 0.3) is 10.2 Å². The van der Waals surface area contributed by atoms with Gasteiger partial charge in [0.25, 0.3) is 5.91 Å². The van der Waals surface area contributed by atoms with Crippen LogP contribution in [-0.2, 0) is 0 Å². The number of thiophene rings is 1. The Hall–Kier alpha value is -1.86. The first-order chi connectivity index (χ1) is 11.0. The number of aromatic nitrogens is 1. The van der Waals surface area contributed by atoms with E-state index in [1.54, 1.807) is 0 Å². The Morgan fingerprint density at radius 3 is 2.57 bits per heavy atom. The maximum absolute atomic E-state index is 11.6. The average Bonchev–Trinajstić information content (AvgIpc) is 3.31. The zero-order valence-electron chi connectivity index (χ0n) is 12.9. The molecule has 23 heavy (non-hydrogen) atoms. The largest absolute Gasteiger partial charge is 0.397 e. The first-order valence-corrected chi connectivity index (χ1v) is 8.89. The lowest BCUT2D eigenvalue weighted by atomic mass is 10.0. The predicted octanol–water partition coefficient (Wildman–Crippen LogP) is 1.78. The standard InChI is InChI=1S/C16H21N5OS/c17-9-3-5-21(6-4-9)11-7-10(8-1-2-8)12-13(18)14(15(19)22)23-16(12)20-11/h7-9H,1-6,17-18H2,(H2,19,22). The molecule has 1 saturated heterocycles. The van der Waals surface area contributed by atoms with E-state index in [2.05, 4.69) is 11.0 Å². The molecular formula is C16H21N5OS. The third-order valence-corrected chi connectivity index (χ3v) is 5.93. The number of anilines is 2. The SMILES string of the molecule is NC(=O)c1sc2nc(N3CCC(N)CC3)cc(C3CC3)c2c1N. The highest BCUT2D eigenvalue weighted by Gasteiger charge is 2.30. The van der Waals surface area contributed by atoms with Crippen molar-refractivity contribution in [2.24, 2.45) is 11.5 Å². The molecule has 4 rings (SSSR count). The van der Waals surface area contributed by atoms with Crippen molar-refractivity contribution in [1.82, 2.24) is 4.98 Å². The summed E-state index contributed by atoms with van der Waals surface area (Å²) in [6.45, 7) is 1.85. The van der Waals surface area contributed by atoms with Crippen LogP contribution in [0.15, 0.2) is 6.07 Å². The highest BCUT2D eigenvalue weighted by atomic mass is 32.1. The average molecular weight is 331 g/mol. The molecule has 0 unspecified atom stereocenters. The molecule has 1 saturated carbocycles. The van der Waals surface area contributed by atoms with Crippen molar-refractivity contribution < 1.29 is 4.79 Å². The number of hydrogen-bond acceptors (Lipinski definition) is 6. The zero-order chi connectivity index (χ0) is 16.1. The molecule has 6 nitrogen and oxygen atoms in total. The van der Waals surface area contributed by atoms with E-state index in [9.17, 15) is 4.79 Å². The summed E-state index contributed by atoms with van der Waals surface area (Å²) in [6, 6.07) is 2.45. The molecular weight excluding hydrogens is 310 g/mol. The van der Waals surface area contributed by atoms with E-state index in [1.165, 1.54) is 29.7 Å². The van der Waals surface area contributed by atoms with Gasteiger partial charge in [0.05, 0.1) is 5.69 Å². The Morgan fingerprint density at radius 2 is 1.96 bits per heavy atom. The molecule has 1 amide bonds. The van der Waals surface area contributed by atoms with Gasteiger partial charge in [-0.05, 0) is 43.2 Å². The van der Waals surface area contributed by atoms with Gasteiger partial charge in [-0.3, -0.25) is 4.79 Å². The minimum atomic E-state index is -0.474. The molecule has 122 valence electrons. The molecule has 0 radical (unpaired) electrons. The second-order valence-corrected chi connectivity index (χ2v) is 7.56. The molecule has 2 aliphatic rings. The summed E-state index contributed by atoms with van der Waals surface area (Å²) in [4.78, 5) is 19.9. The Kier molecular flexibility index (Phi) is 3.42. The second kappa shape index (κ2) is 5.35. The number of amides is 1. The van der Waals surface area contributed by atoms with Crippen LogP contribution >= 0.6 is 11.3 Å². The number of nitrogen functional groups attached to an aromatic ring is 1. The minimum Gasteiger partial charge on any atom is -0.397 e. The molecule has 2 fully saturated rings. The smallest absolute Gasteiger partial charge is 0.260 e. The van der Waals surface area contributed by atoms with Crippen LogP contribution in [0, 0.1) is 0 Å². The first-order valence-electron chi connectivity index (χ1n) is 8.08. The van der Waals surface area contributed by atoms with E-state index in [0.717, 1.165) is 42.0 Å². The summed E-state index contributed by atoms with van der Waals surface area (Å²) in [5, 5.41) is 0.934. The highest BCUT2D eigenvalue weighted by Crippen LogP contribution is 2.47. The summed E-state index contributed by atoms with van der Waals surface area (Å²) in [5.74, 6) is 1.03. The van der Waals surface area contributed by atoms with Gasteiger partial charge in [-0.25, -0.2) is 4.98 Å². The van der Waals surface area contributed by atoms with Crippen LogP contribution in [0.4, 0.5) is 11.5 Å². The molecule has 2 aromatic rings. The van der Waals surface area contributed by atoms with Crippen LogP contribution in [0.1, 0.15) is 46.8 Å². The quantitative estimate of drug-likeness (QED) is 0.794. The number of pyridine rings is 1. The molecule has 0 atom stereocenters. The molecule has 3 heterocycles. The Bertz CT molecular complexity index is 774. The molecule has 1 aliphatic carbocycles. The molecule has 0 spiro atoms. The van der Waals surface area contributed by atoms with Gasteiger partial charge in [0.2, 0.25) is 0 Å². The fourth-order valence-corrected chi connectivity index (χ4v) is 4.30. The summed E-state index contributed by atoms with van der Waals surface area (Å²) >= 11 is 1.31. The van der Waals surface area contributed by atoms with Crippen LogP contribution in [-0.4, -0.2) is 30.0 Å². The van der Waals surface area contributed by atoms with Gasteiger partial charge in [0, 0.05) is 24.5 Å². The molecule has 0 bridgehead atoms. The number of nitrogens with zero attached hydrogens (tertiary/aromatic N) is 2. The topological polar surface area (TPSA) is 111 Å². The van der Waals surface area contributed by atoms with E-state index in [1.807, 2.05) is 0 Å². The number of primary amides is 1. The normalized spacial score (nSPS) is 19.4. The maximum atomic E-state index is 11.6. The Balaban J connectivity index is 1.82. The van der Waals surface area contributed by atoms with Crippen LogP contribution in [0.3, 0.4) is 0 Å². The van der Waals surface area contributed by atoms with Crippen LogP contribution in [0.2, 0.25) is 0 Å². The molecule has 0 aromatic carbocycles. The molecule has 1 aliphatic heterocycles. The van der Waals surface area contributed by atoms with Crippen molar-refractivity contribution in [3.8, 4) is 0 Å². The highest BCUT2D eigenvalue weighted by molar-refractivity contribution is 7.21. The van der Waals surface area contributed by atoms with E-state index in [0.29, 0.717) is 16.5 Å². The van der Waals surface area contributed by atoms with Gasteiger partial charge in [-0.1, -0.05) is 0 Å². The summed E-state index contributed by atoms with van der Waals surface area (Å²) in [7, 11) is 0. The van der Waals surface area contributed by atoms with Crippen LogP contribution < -0.4 is 22.1 Å². The van der Waals surface area contributed by atoms with E-state index >= 15 is 0 Å². The van der Waals surface area contributed by atoms with Crippen molar-refractivity contribution >= 4 is 39.0 Å². The fraction of sp³-hybridized carbons (Fsp3) is 0.500. The van der Waals surface area contributed by atoms with Gasteiger partial charge in [-0.15, -0.1) is 11.3 Å². The summed E-state index contributed by atoms with van der Waals surface area (Å²) in [5.41, 5.74) is 19.4. The number of piperidine rings is 1. The fourth-order valence-electron chi connectivity index (χ4n) is 3.33. The number of nitrogens with two attached hydrogens (primary N) is 3. The van der Waals surface area contributed by atoms with Gasteiger partial charge < -0.3 is 22.1 Å². The predicted molar refractivity (Wildman–Crippen MR) is 93.9 cm³/mol. The third-order valence-electron chi connectivity index (χ3n) is 4.82. The van der Waals surface area contributed by atoms with Crippen LogP contribution in [0.5, 0.6) is 0 Å². The molecule has 7 heteroatoms. The van der Waals surface area contributed by atoms with Gasteiger partial charge >= 0.3 is 0 Å². The number of fused-ring (bicyclic) bond motifs is 1. The van der Waals surface area contributed by atoms with E-state index < -0.39 is 5.91 Å². The summed E-state index contributed by atoms with van der Waals surface area (Å²) < 4.78 is 0. The summed E-state index contributed by atoms with van der Waals surface area (Å²) in [6.07, 6.45) is 4.31. The second-order valence-electron chi connectivity index (χ2n) is 6.56. The van der Waals surface area contributed by atoms with Gasteiger partial charge in [0.15, 0.2) is 0 Å². The molecule has 2 aromatic heterocycles. The van der Waals surface area contributed by atoms with E-state index in [4.69, 9.17) is 22.2 Å². The lowest BCUT2D eigenvalue weighted by molar-refractivity contribution is 0.100. The van der Waals surface area contributed by atoms with Gasteiger partial charge in [0.1, 0.15) is 15.5 Å². The lowest BCUT2D eigenvalue weighted by Gasteiger charge is -2.31. The van der Waals surface area contributed by atoms with Gasteiger partial charge in [-0.2, -0.15) is 0 Å². The number of carbonyl (C=O) groups excluding carboxylic acids is 1. The van der Waals surface area contributed by atoms with Crippen molar-refractivity contribution in [3.63, 3.8) is 0 Å². The van der Waals surface area contributed by atoms with Crippen molar-refractivity contribution in [3.05, 3.63) is 16.5 Å². The first kappa shape index (κ1) is 14.7. The molecule has 6 N–H and O–H groups in total. The van der Waals surface area contributed by atoms with Crippen molar-refractivity contribution in [2.75, 3.05) is 23.7 Å². The maximum Gasteiger partial charge on any atom is 0.260 e. The Morgan fingerprint density at radius 1 is 1.26 bits per heavy atom. The minimum absolute atomic E-state index is 0.289. The lowest BCUT2D eigenvalue weighted by Crippen LogP contribution is -2.40. The Labute approximate surface area is 138 Å². The monoisotopic (exact) mass is 331 g/mol.